The van der Waals surface area contributed by atoms with Crippen LogP contribution < -0.4 is 5.56 Å². The van der Waals surface area contributed by atoms with E-state index in [1.807, 2.05) is 12.3 Å². The summed E-state index contributed by atoms with van der Waals surface area (Å²) in [6, 6.07) is 6.97. The molecule has 0 N–H and O–H groups in total. The number of thiazole rings is 1. The van der Waals surface area contributed by atoms with Gasteiger partial charge in [-0.1, -0.05) is 12.1 Å². The molecule has 29 heavy (non-hydrogen) atoms. The Hall–Kier alpha value is -2.23. The number of halogens is 3. The lowest BCUT2D eigenvalue weighted by Crippen LogP contribution is -2.45. The summed E-state index contributed by atoms with van der Waals surface area (Å²) in [5.74, 6) is 0. The van der Waals surface area contributed by atoms with Crippen LogP contribution in [0, 0.1) is 6.92 Å². The molecule has 154 valence electrons. The molecule has 1 aliphatic heterocycles. The molecule has 1 fully saturated rings. The number of aromatic nitrogens is 2. The molecule has 1 saturated heterocycles. The van der Waals surface area contributed by atoms with Gasteiger partial charge in [-0.25, -0.2) is 4.98 Å². The second-order valence-corrected chi connectivity index (χ2v) is 8.16. The van der Waals surface area contributed by atoms with Crippen LogP contribution in [0.15, 0.2) is 40.5 Å². The maximum absolute atomic E-state index is 12.7. The van der Waals surface area contributed by atoms with Crippen LogP contribution in [0.2, 0.25) is 0 Å². The van der Waals surface area contributed by atoms with E-state index in [9.17, 15) is 18.0 Å². The van der Waals surface area contributed by atoms with Crippen molar-refractivity contribution in [1.29, 1.82) is 0 Å². The van der Waals surface area contributed by atoms with Gasteiger partial charge in [0.2, 0.25) is 0 Å². The van der Waals surface area contributed by atoms with Gasteiger partial charge in [-0.15, -0.1) is 11.3 Å². The van der Waals surface area contributed by atoms with Crippen LogP contribution in [0.5, 0.6) is 0 Å². The van der Waals surface area contributed by atoms with Gasteiger partial charge in [0.15, 0.2) is 4.96 Å². The van der Waals surface area contributed by atoms with Crippen LogP contribution in [0.3, 0.4) is 0 Å². The number of hydrogen-bond donors (Lipinski definition) is 0. The van der Waals surface area contributed by atoms with Gasteiger partial charge in [-0.2, -0.15) is 13.2 Å². The van der Waals surface area contributed by atoms with Crippen molar-refractivity contribution in [3.63, 3.8) is 0 Å². The average molecular weight is 422 g/mol. The smallest absolute Gasteiger partial charge is 0.297 e. The molecule has 0 aliphatic carbocycles. The number of piperazine rings is 1. The van der Waals surface area contributed by atoms with E-state index < -0.39 is 11.7 Å². The number of fused-ring (bicyclic) bond motifs is 1. The van der Waals surface area contributed by atoms with Gasteiger partial charge >= 0.3 is 6.18 Å². The minimum atomic E-state index is -4.30. The van der Waals surface area contributed by atoms with Gasteiger partial charge in [-0.3, -0.25) is 19.0 Å². The Morgan fingerprint density at radius 1 is 1.03 bits per heavy atom. The molecule has 0 unspecified atom stereocenters. The highest BCUT2D eigenvalue weighted by molar-refractivity contribution is 7.15. The van der Waals surface area contributed by atoms with Crippen LogP contribution >= 0.6 is 11.3 Å². The molecule has 0 bridgehead atoms. The second kappa shape index (κ2) is 7.89. The summed E-state index contributed by atoms with van der Waals surface area (Å²) < 4.78 is 39.6. The van der Waals surface area contributed by atoms with Gasteiger partial charge in [0, 0.05) is 56.4 Å². The molecular weight excluding hydrogens is 401 g/mol. The fourth-order valence-electron chi connectivity index (χ4n) is 3.57. The van der Waals surface area contributed by atoms with E-state index in [0.717, 1.165) is 55.3 Å². The Morgan fingerprint density at radius 3 is 2.28 bits per heavy atom. The van der Waals surface area contributed by atoms with Crippen LogP contribution in [-0.4, -0.2) is 45.4 Å². The van der Waals surface area contributed by atoms with E-state index in [2.05, 4.69) is 14.8 Å². The zero-order valence-corrected chi connectivity index (χ0v) is 16.8. The summed E-state index contributed by atoms with van der Waals surface area (Å²) in [4.78, 5) is 22.1. The van der Waals surface area contributed by atoms with Crippen molar-refractivity contribution in [3.8, 4) is 0 Å². The number of aryl methyl sites for hydroxylation is 1. The third kappa shape index (κ3) is 4.52. The molecule has 9 heteroatoms. The lowest BCUT2D eigenvalue weighted by molar-refractivity contribution is -0.137. The third-order valence-electron chi connectivity index (χ3n) is 5.17. The third-order valence-corrected chi connectivity index (χ3v) is 6.11. The van der Waals surface area contributed by atoms with Crippen LogP contribution in [0.1, 0.15) is 22.5 Å². The molecule has 1 aromatic carbocycles. The maximum Gasteiger partial charge on any atom is 0.416 e. The lowest BCUT2D eigenvalue weighted by atomic mass is 10.1. The van der Waals surface area contributed by atoms with E-state index in [0.29, 0.717) is 18.1 Å². The van der Waals surface area contributed by atoms with E-state index in [1.54, 1.807) is 22.6 Å². The first-order valence-electron chi connectivity index (χ1n) is 9.37. The quantitative estimate of drug-likeness (QED) is 0.646. The zero-order valence-electron chi connectivity index (χ0n) is 15.9. The summed E-state index contributed by atoms with van der Waals surface area (Å²) in [5, 5.41) is 1.92. The molecule has 2 aromatic heterocycles. The van der Waals surface area contributed by atoms with Gasteiger partial charge in [0.1, 0.15) is 0 Å². The highest BCUT2D eigenvalue weighted by atomic mass is 32.1. The number of rotatable bonds is 4. The van der Waals surface area contributed by atoms with Crippen LogP contribution in [0.25, 0.3) is 4.96 Å². The second-order valence-electron chi connectivity index (χ2n) is 7.33. The topological polar surface area (TPSA) is 40.9 Å². The summed E-state index contributed by atoms with van der Waals surface area (Å²) in [6.45, 7) is 6.43. The summed E-state index contributed by atoms with van der Waals surface area (Å²) in [5.41, 5.74) is 1.87. The zero-order chi connectivity index (χ0) is 20.6. The molecule has 0 amide bonds. The monoisotopic (exact) mass is 422 g/mol. The first-order valence-corrected chi connectivity index (χ1v) is 10.3. The number of hydrogen-bond acceptors (Lipinski definition) is 5. The predicted octanol–water partition coefficient (Wildman–Crippen LogP) is 3.40. The Labute approximate surface area is 170 Å². The Bertz CT molecular complexity index is 1050. The summed E-state index contributed by atoms with van der Waals surface area (Å²) >= 11 is 1.46. The SMILES string of the molecule is Cc1csc2nc(CN3CCN(Cc4ccc(C(F)(F)F)cc4)CC3)cc(=O)n12. The van der Waals surface area contributed by atoms with Crippen molar-refractivity contribution < 1.29 is 13.2 Å². The van der Waals surface area contributed by atoms with Crippen LogP contribution in [-0.2, 0) is 19.3 Å². The molecule has 0 spiro atoms. The number of benzene rings is 1. The number of nitrogens with zero attached hydrogens (tertiary/aromatic N) is 4. The molecule has 3 aromatic rings. The van der Waals surface area contributed by atoms with E-state index in [-0.39, 0.29) is 5.56 Å². The van der Waals surface area contributed by atoms with Crippen molar-refractivity contribution >= 4 is 16.3 Å². The average Bonchev–Trinajstić information content (AvgIpc) is 3.04. The highest BCUT2D eigenvalue weighted by Crippen LogP contribution is 2.29. The molecule has 5 nitrogen and oxygen atoms in total. The van der Waals surface area contributed by atoms with Crippen molar-refractivity contribution in [2.24, 2.45) is 0 Å². The minimum Gasteiger partial charge on any atom is -0.297 e. The van der Waals surface area contributed by atoms with Gasteiger partial charge < -0.3 is 0 Å². The van der Waals surface area contributed by atoms with Gasteiger partial charge in [0.25, 0.3) is 5.56 Å². The van der Waals surface area contributed by atoms with Crippen LogP contribution in [0.4, 0.5) is 13.2 Å². The predicted molar refractivity (Wildman–Crippen MR) is 106 cm³/mol. The van der Waals surface area contributed by atoms with Crippen molar-refractivity contribution in [2.75, 3.05) is 26.2 Å². The molecule has 4 rings (SSSR count). The lowest BCUT2D eigenvalue weighted by Gasteiger charge is -2.34. The van der Waals surface area contributed by atoms with E-state index in [1.165, 1.54) is 11.3 Å². The van der Waals surface area contributed by atoms with Crippen molar-refractivity contribution in [1.82, 2.24) is 19.2 Å². The van der Waals surface area contributed by atoms with Crippen molar-refractivity contribution in [3.05, 3.63) is 68.6 Å². The largest absolute Gasteiger partial charge is 0.416 e. The van der Waals surface area contributed by atoms with E-state index in [4.69, 9.17) is 0 Å². The highest BCUT2D eigenvalue weighted by Gasteiger charge is 2.30. The Morgan fingerprint density at radius 2 is 1.66 bits per heavy atom. The summed E-state index contributed by atoms with van der Waals surface area (Å²) in [7, 11) is 0. The molecule has 3 heterocycles. The number of alkyl halides is 3. The Kier molecular flexibility index (Phi) is 5.46. The standard InChI is InChI=1S/C20H21F3N4OS/c1-14-13-29-19-24-17(10-18(28)27(14)19)12-26-8-6-25(7-9-26)11-15-2-4-16(5-3-15)20(21,22)23/h2-5,10,13H,6-9,11-12H2,1H3. The van der Waals surface area contributed by atoms with Gasteiger partial charge in [0.05, 0.1) is 11.3 Å². The Balaban J connectivity index is 1.33. The molecule has 1 aliphatic rings. The first-order chi connectivity index (χ1) is 13.8. The van der Waals surface area contributed by atoms with Crippen molar-refractivity contribution in [2.45, 2.75) is 26.2 Å². The fourth-order valence-corrected chi connectivity index (χ4v) is 4.46. The molecule has 0 radical (unpaired) electrons. The molecular formula is C20H21F3N4OS. The minimum absolute atomic E-state index is 0.0512. The summed E-state index contributed by atoms with van der Waals surface area (Å²) in [6.07, 6.45) is -4.30. The molecule has 0 saturated carbocycles. The normalized spacial score (nSPS) is 16.6. The fraction of sp³-hybridized carbons (Fsp3) is 0.400. The maximum atomic E-state index is 12.7. The first kappa shape index (κ1) is 20.1. The molecule has 0 atom stereocenters. The van der Waals surface area contributed by atoms with E-state index >= 15 is 0 Å². The van der Waals surface area contributed by atoms with Gasteiger partial charge in [-0.05, 0) is 24.6 Å².